The zero-order valence-corrected chi connectivity index (χ0v) is 12.7. The highest BCUT2D eigenvalue weighted by Gasteiger charge is 2.14. The van der Waals surface area contributed by atoms with Crippen LogP contribution in [0.15, 0.2) is 60.8 Å². The molecule has 3 aromatic rings. The summed E-state index contributed by atoms with van der Waals surface area (Å²) in [5, 5.41) is 15.5. The van der Waals surface area contributed by atoms with Gasteiger partial charge in [-0.3, -0.25) is 14.6 Å². The molecule has 0 saturated heterocycles. The third kappa shape index (κ3) is 3.49. The fourth-order valence-electron chi connectivity index (χ4n) is 2.24. The molecule has 3 N–H and O–H groups in total. The molecular formula is C18H15N3O3. The van der Waals surface area contributed by atoms with E-state index in [1.54, 1.807) is 24.3 Å². The average Bonchev–Trinajstić information content (AvgIpc) is 2.60. The lowest BCUT2D eigenvalue weighted by Crippen LogP contribution is -2.35. The smallest absolute Gasteiger partial charge is 0.313 e. The Morgan fingerprint density at radius 1 is 1.00 bits per heavy atom. The van der Waals surface area contributed by atoms with E-state index in [1.807, 2.05) is 24.3 Å². The molecular weight excluding hydrogens is 306 g/mol. The predicted octanol–water partition coefficient (Wildman–Crippen LogP) is 2.20. The van der Waals surface area contributed by atoms with Crippen LogP contribution in [0.3, 0.4) is 0 Å². The van der Waals surface area contributed by atoms with Crippen molar-refractivity contribution in [3.63, 3.8) is 0 Å². The number of amides is 2. The molecule has 2 amide bonds. The Morgan fingerprint density at radius 2 is 1.75 bits per heavy atom. The number of aromatic hydroxyl groups is 1. The van der Waals surface area contributed by atoms with Crippen molar-refractivity contribution in [2.75, 3.05) is 5.32 Å². The van der Waals surface area contributed by atoms with Crippen LogP contribution in [-0.2, 0) is 16.1 Å². The van der Waals surface area contributed by atoms with Crippen LogP contribution in [0.2, 0.25) is 0 Å². The molecule has 120 valence electrons. The lowest BCUT2D eigenvalue weighted by molar-refractivity contribution is -0.136. The van der Waals surface area contributed by atoms with Gasteiger partial charge in [0, 0.05) is 17.5 Å². The molecule has 0 atom stereocenters. The molecule has 0 aliphatic heterocycles. The van der Waals surface area contributed by atoms with Crippen LogP contribution in [0.5, 0.6) is 5.75 Å². The third-order valence-corrected chi connectivity index (χ3v) is 3.49. The van der Waals surface area contributed by atoms with Crippen molar-refractivity contribution in [3.8, 4) is 5.75 Å². The van der Waals surface area contributed by atoms with Gasteiger partial charge in [0.25, 0.3) is 0 Å². The second-order valence-corrected chi connectivity index (χ2v) is 5.18. The molecule has 6 nitrogen and oxygen atoms in total. The molecule has 0 aliphatic carbocycles. The third-order valence-electron chi connectivity index (χ3n) is 3.49. The van der Waals surface area contributed by atoms with Crippen molar-refractivity contribution >= 4 is 28.4 Å². The normalized spacial score (nSPS) is 10.3. The van der Waals surface area contributed by atoms with Gasteiger partial charge in [0.15, 0.2) is 0 Å². The molecule has 6 heteroatoms. The maximum atomic E-state index is 11.9. The van der Waals surface area contributed by atoms with Gasteiger partial charge in [-0.25, -0.2) is 0 Å². The van der Waals surface area contributed by atoms with Crippen LogP contribution < -0.4 is 10.6 Å². The second kappa shape index (κ2) is 6.78. The topological polar surface area (TPSA) is 91.3 Å². The van der Waals surface area contributed by atoms with Gasteiger partial charge in [-0.05, 0) is 18.2 Å². The van der Waals surface area contributed by atoms with E-state index in [2.05, 4.69) is 15.6 Å². The fraction of sp³-hybridized carbons (Fsp3) is 0.0556. The summed E-state index contributed by atoms with van der Waals surface area (Å²) in [6, 6.07) is 15.8. The highest BCUT2D eigenvalue weighted by Crippen LogP contribution is 2.16. The minimum Gasteiger partial charge on any atom is -0.508 e. The van der Waals surface area contributed by atoms with Crippen molar-refractivity contribution in [1.29, 1.82) is 0 Å². The van der Waals surface area contributed by atoms with Crippen molar-refractivity contribution < 1.29 is 14.7 Å². The Kier molecular flexibility index (Phi) is 4.38. The van der Waals surface area contributed by atoms with Crippen molar-refractivity contribution in [2.45, 2.75) is 6.54 Å². The monoisotopic (exact) mass is 321 g/mol. The number of nitrogens with one attached hydrogen (secondary N) is 2. The van der Waals surface area contributed by atoms with Crippen LogP contribution in [0.4, 0.5) is 5.69 Å². The minimum absolute atomic E-state index is 0.0644. The van der Waals surface area contributed by atoms with Crippen LogP contribution in [0, 0.1) is 0 Å². The summed E-state index contributed by atoms with van der Waals surface area (Å²) in [5.74, 6) is -1.51. The Morgan fingerprint density at radius 3 is 2.58 bits per heavy atom. The Bertz CT molecular complexity index is 909. The lowest BCUT2D eigenvalue weighted by atomic mass is 10.2. The number of nitrogens with zero attached hydrogens (tertiary/aromatic N) is 1. The summed E-state index contributed by atoms with van der Waals surface area (Å²) < 4.78 is 0. The number of anilines is 1. The first-order valence-electron chi connectivity index (χ1n) is 7.34. The Labute approximate surface area is 138 Å². The average molecular weight is 321 g/mol. The number of phenols is 1. The molecule has 0 fully saturated rings. The van der Waals surface area contributed by atoms with Gasteiger partial charge in [0.05, 0.1) is 17.4 Å². The number of benzene rings is 2. The van der Waals surface area contributed by atoms with E-state index in [0.717, 1.165) is 10.9 Å². The molecule has 0 saturated carbocycles. The van der Waals surface area contributed by atoms with E-state index in [1.165, 1.54) is 12.3 Å². The molecule has 3 rings (SSSR count). The SMILES string of the molecule is O=C(NCc1ccccc1O)C(=O)Nc1cnc2ccccc2c1. The molecule has 0 radical (unpaired) electrons. The lowest BCUT2D eigenvalue weighted by Gasteiger charge is -2.08. The summed E-state index contributed by atoms with van der Waals surface area (Å²) >= 11 is 0. The number of carbonyl (C=O) groups is 2. The number of hydrogen-bond acceptors (Lipinski definition) is 4. The summed E-state index contributed by atoms with van der Waals surface area (Å²) in [6.07, 6.45) is 1.50. The quantitative estimate of drug-likeness (QED) is 0.645. The van der Waals surface area contributed by atoms with Gasteiger partial charge in [-0.2, -0.15) is 0 Å². The van der Waals surface area contributed by atoms with E-state index in [0.29, 0.717) is 11.3 Å². The zero-order valence-electron chi connectivity index (χ0n) is 12.7. The molecule has 0 aliphatic rings. The van der Waals surface area contributed by atoms with Gasteiger partial charge < -0.3 is 15.7 Å². The highest BCUT2D eigenvalue weighted by atomic mass is 16.3. The molecule has 0 spiro atoms. The minimum atomic E-state index is -0.789. The van der Waals surface area contributed by atoms with Gasteiger partial charge in [-0.15, -0.1) is 0 Å². The first-order chi connectivity index (χ1) is 11.6. The number of aromatic nitrogens is 1. The molecule has 1 heterocycles. The summed E-state index contributed by atoms with van der Waals surface area (Å²) in [6.45, 7) is 0.0644. The van der Waals surface area contributed by atoms with Gasteiger partial charge in [0.1, 0.15) is 5.75 Å². The molecule has 1 aromatic heterocycles. The maximum Gasteiger partial charge on any atom is 0.313 e. The number of rotatable bonds is 3. The fourth-order valence-corrected chi connectivity index (χ4v) is 2.24. The second-order valence-electron chi connectivity index (χ2n) is 5.18. The van der Waals surface area contributed by atoms with Crippen LogP contribution in [0.1, 0.15) is 5.56 Å². The number of para-hydroxylation sites is 2. The number of hydrogen-bond donors (Lipinski definition) is 3. The first kappa shape index (κ1) is 15.5. The highest BCUT2D eigenvalue weighted by molar-refractivity contribution is 6.39. The molecule has 0 unspecified atom stereocenters. The van der Waals surface area contributed by atoms with E-state index >= 15 is 0 Å². The summed E-state index contributed by atoms with van der Waals surface area (Å²) in [7, 11) is 0. The number of phenolic OH excluding ortho intramolecular Hbond substituents is 1. The maximum absolute atomic E-state index is 11.9. The van der Waals surface area contributed by atoms with E-state index in [9.17, 15) is 14.7 Å². The van der Waals surface area contributed by atoms with E-state index < -0.39 is 11.8 Å². The van der Waals surface area contributed by atoms with Crippen molar-refractivity contribution in [2.24, 2.45) is 0 Å². The van der Waals surface area contributed by atoms with Gasteiger partial charge in [-0.1, -0.05) is 36.4 Å². The number of carbonyl (C=O) groups excluding carboxylic acids is 2. The van der Waals surface area contributed by atoms with Crippen molar-refractivity contribution in [1.82, 2.24) is 10.3 Å². The number of fused-ring (bicyclic) bond motifs is 1. The van der Waals surface area contributed by atoms with E-state index in [-0.39, 0.29) is 12.3 Å². The standard InChI is InChI=1S/C18H15N3O3/c22-16-8-4-2-6-13(16)10-20-17(23)18(24)21-14-9-12-5-1-3-7-15(12)19-11-14/h1-9,11,22H,10H2,(H,20,23)(H,21,24). The van der Waals surface area contributed by atoms with Crippen LogP contribution >= 0.6 is 0 Å². The molecule has 24 heavy (non-hydrogen) atoms. The van der Waals surface area contributed by atoms with Gasteiger partial charge >= 0.3 is 11.8 Å². The van der Waals surface area contributed by atoms with E-state index in [4.69, 9.17) is 0 Å². The zero-order chi connectivity index (χ0) is 16.9. The Balaban J connectivity index is 1.63. The number of pyridine rings is 1. The van der Waals surface area contributed by atoms with Gasteiger partial charge in [0.2, 0.25) is 0 Å². The summed E-state index contributed by atoms with van der Waals surface area (Å²) in [4.78, 5) is 28.0. The van der Waals surface area contributed by atoms with Crippen molar-refractivity contribution in [3.05, 3.63) is 66.4 Å². The van der Waals surface area contributed by atoms with Crippen LogP contribution in [0.25, 0.3) is 10.9 Å². The summed E-state index contributed by atoms with van der Waals surface area (Å²) in [5.41, 5.74) is 1.78. The van der Waals surface area contributed by atoms with Crippen LogP contribution in [-0.4, -0.2) is 21.9 Å². The Hall–Kier alpha value is -3.41. The predicted molar refractivity (Wildman–Crippen MR) is 90.3 cm³/mol. The largest absolute Gasteiger partial charge is 0.508 e. The first-order valence-corrected chi connectivity index (χ1v) is 7.34. The molecule has 0 bridgehead atoms. The molecule has 2 aromatic carbocycles.